The van der Waals surface area contributed by atoms with Crippen LogP contribution in [0.1, 0.15) is 10.4 Å². The fourth-order valence-electron chi connectivity index (χ4n) is 1.38. The monoisotopic (exact) mass is 705 g/mol. The molecule has 1 aromatic carbocycles. The van der Waals surface area contributed by atoms with Crippen molar-refractivity contribution in [2.24, 2.45) is 0 Å². The standard InChI is InChI=1S/C13H10I3NO7S/c14-7-5-8(12(16)9(15)6-7)13(20)17-10(18)1-2-11(19)24-3-4-25(21,22)23/h1-2,5-6H,3-4H2,(H,17,18,20)(H,21,22,23)/b2-1-. The van der Waals surface area contributed by atoms with Gasteiger partial charge in [-0.05, 0) is 79.9 Å². The Kier molecular flexibility index (Phi) is 9.19. The van der Waals surface area contributed by atoms with Crippen molar-refractivity contribution < 1.29 is 32.1 Å². The third kappa shape index (κ3) is 8.74. The molecule has 1 aromatic rings. The van der Waals surface area contributed by atoms with Crippen LogP contribution in [0.2, 0.25) is 0 Å². The van der Waals surface area contributed by atoms with Crippen molar-refractivity contribution in [3.05, 3.63) is 40.6 Å². The Balaban J connectivity index is 2.62. The van der Waals surface area contributed by atoms with Crippen LogP contribution in [-0.4, -0.2) is 43.1 Å². The molecule has 8 nitrogen and oxygen atoms in total. The number of benzene rings is 1. The number of esters is 1. The van der Waals surface area contributed by atoms with Crippen LogP contribution >= 0.6 is 67.8 Å². The van der Waals surface area contributed by atoms with Gasteiger partial charge in [-0.15, -0.1) is 0 Å². The van der Waals surface area contributed by atoms with Gasteiger partial charge in [0, 0.05) is 22.9 Å². The lowest BCUT2D eigenvalue weighted by atomic mass is 10.2. The lowest BCUT2D eigenvalue weighted by Crippen LogP contribution is -2.30. The minimum atomic E-state index is -4.24. The first kappa shape index (κ1) is 22.7. The molecule has 0 atom stereocenters. The first-order valence-corrected chi connectivity index (χ1v) is 11.1. The van der Waals surface area contributed by atoms with Crippen LogP contribution in [0.25, 0.3) is 0 Å². The lowest BCUT2D eigenvalue weighted by molar-refractivity contribution is -0.137. The SMILES string of the molecule is O=C(/C=C\C(=O)OCCS(=O)(=O)O)NC(=O)c1cc(I)cc(I)c1I. The molecule has 0 aliphatic carbocycles. The van der Waals surface area contributed by atoms with E-state index in [1.807, 2.05) is 51.2 Å². The van der Waals surface area contributed by atoms with Crippen LogP contribution in [0.5, 0.6) is 0 Å². The van der Waals surface area contributed by atoms with Gasteiger partial charge < -0.3 is 4.74 Å². The van der Waals surface area contributed by atoms with Crippen LogP contribution in [0.15, 0.2) is 24.3 Å². The molecule has 0 aliphatic rings. The topological polar surface area (TPSA) is 127 Å². The number of amides is 2. The highest BCUT2D eigenvalue weighted by atomic mass is 127. The van der Waals surface area contributed by atoms with Crippen molar-refractivity contribution in [3.63, 3.8) is 0 Å². The zero-order valence-corrected chi connectivity index (χ0v) is 19.5. The summed E-state index contributed by atoms with van der Waals surface area (Å²) in [7, 11) is -4.24. The van der Waals surface area contributed by atoms with E-state index in [4.69, 9.17) is 4.55 Å². The highest BCUT2D eigenvalue weighted by Crippen LogP contribution is 2.22. The van der Waals surface area contributed by atoms with E-state index in [2.05, 4.69) is 32.6 Å². The summed E-state index contributed by atoms with van der Waals surface area (Å²) in [4.78, 5) is 35.1. The van der Waals surface area contributed by atoms with E-state index in [0.29, 0.717) is 9.13 Å². The number of ether oxygens (including phenoxy) is 1. The van der Waals surface area contributed by atoms with E-state index in [-0.39, 0.29) is 0 Å². The molecule has 0 heterocycles. The molecular weight excluding hydrogens is 695 g/mol. The van der Waals surface area contributed by atoms with Gasteiger partial charge in [0.25, 0.3) is 21.9 Å². The van der Waals surface area contributed by atoms with Crippen LogP contribution < -0.4 is 5.32 Å². The maximum Gasteiger partial charge on any atom is 0.330 e. The number of carbonyl (C=O) groups is 3. The molecule has 0 aliphatic heterocycles. The van der Waals surface area contributed by atoms with Gasteiger partial charge in [-0.1, -0.05) is 0 Å². The Labute approximate surface area is 184 Å². The Hall–Kier alpha value is -0.330. The maximum absolute atomic E-state index is 12.1. The van der Waals surface area contributed by atoms with Gasteiger partial charge in [0.15, 0.2) is 0 Å². The largest absolute Gasteiger partial charge is 0.461 e. The molecule has 1 rings (SSSR count). The summed E-state index contributed by atoms with van der Waals surface area (Å²) in [6.07, 6.45) is 1.54. The number of imide groups is 1. The van der Waals surface area contributed by atoms with Crippen LogP contribution in [-0.2, 0) is 24.4 Å². The van der Waals surface area contributed by atoms with E-state index in [1.165, 1.54) is 0 Å². The Morgan fingerprint density at radius 2 is 1.80 bits per heavy atom. The minimum absolute atomic E-state index is 0.328. The van der Waals surface area contributed by atoms with Crippen molar-refractivity contribution >= 4 is 95.7 Å². The number of nitrogens with one attached hydrogen (secondary N) is 1. The highest BCUT2D eigenvalue weighted by molar-refractivity contribution is 14.1. The van der Waals surface area contributed by atoms with Gasteiger partial charge in [-0.25, -0.2) is 4.79 Å². The summed E-state index contributed by atoms with van der Waals surface area (Å²) in [5, 5.41) is 2.11. The highest BCUT2D eigenvalue weighted by Gasteiger charge is 2.15. The van der Waals surface area contributed by atoms with Crippen molar-refractivity contribution in [2.75, 3.05) is 12.4 Å². The number of carbonyl (C=O) groups excluding carboxylic acids is 3. The van der Waals surface area contributed by atoms with E-state index >= 15 is 0 Å². The molecule has 0 unspecified atom stereocenters. The predicted octanol–water partition coefficient (Wildman–Crippen LogP) is 1.74. The zero-order valence-electron chi connectivity index (χ0n) is 12.2. The molecule has 12 heteroatoms. The third-order valence-corrected chi connectivity index (χ3v) is 6.78. The summed E-state index contributed by atoms with van der Waals surface area (Å²) < 4.78 is 36.2. The average molecular weight is 705 g/mol. The van der Waals surface area contributed by atoms with Gasteiger partial charge in [0.05, 0.1) is 5.56 Å². The third-order valence-electron chi connectivity index (χ3n) is 2.43. The van der Waals surface area contributed by atoms with E-state index in [0.717, 1.165) is 19.3 Å². The van der Waals surface area contributed by atoms with Gasteiger partial charge in [-0.3, -0.25) is 19.5 Å². The summed E-state index contributed by atoms with van der Waals surface area (Å²) in [6.45, 7) is -0.554. The number of hydrogen-bond acceptors (Lipinski definition) is 6. The molecule has 0 saturated heterocycles. The summed E-state index contributed by atoms with van der Waals surface area (Å²) in [5.74, 6) is -3.18. The van der Waals surface area contributed by atoms with Gasteiger partial charge in [-0.2, -0.15) is 8.42 Å². The molecule has 0 radical (unpaired) electrons. The van der Waals surface area contributed by atoms with Crippen molar-refractivity contribution in [2.45, 2.75) is 0 Å². The molecule has 0 fully saturated rings. The first-order chi connectivity index (χ1) is 11.5. The van der Waals surface area contributed by atoms with E-state index in [9.17, 15) is 22.8 Å². The second-order valence-corrected chi connectivity index (χ2v) is 9.41. The van der Waals surface area contributed by atoms with Crippen molar-refractivity contribution in [3.8, 4) is 0 Å². The Bertz CT molecular complexity index is 836. The van der Waals surface area contributed by atoms with Crippen molar-refractivity contribution in [1.82, 2.24) is 5.32 Å². The predicted molar refractivity (Wildman–Crippen MR) is 114 cm³/mol. The van der Waals surface area contributed by atoms with E-state index < -0.39 is 40.3 Å². The second-order valence-electron chi connectivity index (χ2n) is 4.35. The molecule has 0 spiro atoms. The minimum Gasteiger partial charge on any atom is -0.461 e. The molecular formula is C13H10I3NO7S. The fourth-order valence-corrected chi connectivity index (χ4v) is 4.08. The Morgan fingerprint density at radius 3 is 2.40 bits per heavy atom. The van der Waals surface area contributed by atoms with Crippen LogP contribution in [0.4, 0.5) is 0 Å². The quantitative estimate of drug-likeness (QED) is 0.152. The fraction of sp³-hybridized carbons (Fsp3) is 0.154. The number of rotatable bonds is 6. The molecule has 0 bridgehead atoms. The molecule has 25 heavy (non-hydrogen) atoms. The Morgan fingerprint density at radius 1 is 1.16 bits per heavy atom. The maximum atomic E-state index is 12.1. The first-order valence-electron chi connectivity index (χ1n) is 6.29. The van der Waals surface area contributed by atoms with Gasteiger partial charge >= 0.3 is 5.97 Å². The van der Waals surface area contributed by atoms with Gasteiger partial charge in [0.2, 0.25) is 0 Å². The zero-order chi connectivity index (χ0) is 19.2. The second kappa shape index (κ2) is 10.1. The molecule has 136 valence electrons. The molecule has 2 amide bonds. The number of halogens is 3. The van der Waals surface area contributed by atoms with Crippen molar-refractivity contribution in [1.29, 1.82) is 0 Å². The van der Waals surface area contributed by atoms with E-state index in [1.54, 1.807) is 6.07 Å². The van der Waals surface area contributed by atoms with Gasteiger partial charge in [0.1, 0.15) is 12.4 Å². The smallest absolute Gasteiger partial charge is 0.330 e. The molecule has 2 N–H and O–H groups in total. The summed E-state index contributed by atoms with van der Waals surface area (Å²) in [5.41, 5.74) is 0.328. The number of hydrogen-bond donors (Lipinski definition) is 2. The molecule has 0 aromatic heterocycles. The van der Waals surface area contributed by atoms with Crippen LogP contribution in [0.3, 0.4) is 0 Å². The van der Waals surface area contributed by atoms with Crippen LogP contribution in [0, 0.1) is 10.7 Å². The summed E-state index contributed by atoms with van der Waals surface area (Å²) >= 11 is 6.12. The summed E-state index contributed by atoms with van der Waals surface area (Å²) in [6, 6.07) is 3.50. The molecule has 0 saturated carbocycles. The average Bonchev–Trinajstić information content (AvgIpc) is 2.47. The lowest BCUT2D eigenvalue weighted by Gasteiger charge is -2.07. The normalized spacial score (nSPS) is 11.4.